The molecule has 2 spiro atoms. The lowest BCUT2D eigenvalue weighted by Gasteiger charge is -2.64. The first-order chi connectivity index (χ1) is 15.4. The average molecular weight is 509 g/mol. The SMILES string of the molecule is CCOC(=O)C12CCC(c3nc(Br)c4c(N)nccn34)(CC13OCCO3)C1(C2)OCCO1. The average Bonchev–Trinajstić information content (AvgIpc) is 3.51. The predicted octanol–water partition coefficient (Wildman–Crippen LogP) is 1.94. The number of halogens is 1. The molecule has 0 radical (unpaired) electrons. The number of rotatable bonds is 3. The monoisotopic (exact) mass is 508 g/mol. The molecule has 2 aromatic rings. The molecule has 2 bridgehead atoms. The van der Waals surface area contributed by atoms with E-state index in [1.165, 1.54) is 0 Å². The Labute approximate surface area is 192 Å². The highest BCUT2D eigenvalue weighted by Crippen LogP contribution is 2.70. The lowest BCUT2D eigenvalue weighted by molar-refractivity contribution is -0.364. The molecule has 2 N–H and O–H groups in total. The zero-order chi connectivity index (χ0) is 22.2. The summed E-state index contributed by atoms with van der Waals surface area (Å²) < 4.78 is 33.3. The number of hydrogen-bond acceptors (Lipinski definition) is 9. The van der Waals surface area contributed by atoms with E-state index in [0.717, 1.165) is 5.82 Å². The van der Waals surface area contributed by atoms with Gasteiger partial charge >= 0.3 is 5.97 Å². The number of nitrogen functional groups attached to an aromatic ring is 1. The Hall–Kier alpha value is -1.79. The number of carbonyl (C=O) groups is 1. The zero-order valence-corrected chi connectivity index (χ0v) is 19.4. The van der Waals surface area contributed by atoms with Crippen LogP contribution in [-0.4, -0.2) is 64.9 Å². The number of anilines is 1. The highest BCUT2D eigenvalue weighted by atomic mass is 79.9. The highest BCUT2D eigenvalue weighted by Gasteiger charge is 2.80. The van der Waals surface area contributed by atoms with Gasteiger partial charge in [-0.1, -0.05) is 0 Å². The van der Waals surface area contributed by atoms with Crippen LogP contribution < -0.4 is 5.73 Å². The lowest BCUT2D eigenvalue weighted by atomic mass is 9.47. The molecule has 2 aliphatic heterocycles. The molecule has 2 aromatic heterocycles. The zero-order valence-electron chi connectivity index (χ0n) is 17.8. The summed E-state index contributed by atoms with van der Waals surface area (Å²) >= 11 is 3.56. The van der Waals surface area contributed by atoms with Gasteiger partial charge in [-0.2, -0.15) is 0 Å². The molecule has 11 heteroatoms. The maximum Gasteiger partial charge on any atom is 0.317 e. The summed E-state index contributed by atoms with van der Waals surface area (Å²) in [7, 11) is 0. The van der Waals surface area contributed by atoms with Crippen molar-refractivity contribution in [3.8, 4) is 0 Å². The van der Waals surface area contributed by atoms with Crippen molar-refractivity contribution in [3.63, 3.8) is 0 Å². The Balaban J connectivity index is 1.59. The van der Waals surface area contributed by atoms with Crippen molar-refractivity contribution in [1.82, 2.24) is 14.4 Å². The molecule has 3 aliphatic carbocycles. The third-order valence-corrected chi connectivity index (χ3v) is 8.20. The highest BCUT2D eigenvalue weighted by molar-refractivity contribution is 9.10. The minimum Gasteiger partial charge on any atom is -0.465 e. The third kappa shape index (κ3) is 2.35. The third-order valence-electron chi connectivity index (χ3n) is 7.65. The largest absolute Gasteiger partial charge is 0.465 e. The lowest BCUT2D eigenvalue weighted by Crippen LogP contribution is -2.75. The van der Waals surface area contributed by atoms with Crippen molar-refractivity contribution < 1.29 is 28.5 Å². The summed E-state index contributed by atoms with van der Waals surface area (Å²) in [6.07, 6.45) is 5.20. The van der Waals surface area contributed by atoms with Crippen LogP contribution in [-0.2, 0) is 33.9 Å². The van der Waals surface area contributed by atoms with Crippen molar-refractivity contribution >= 4 is 33.2 Å². The molecule has 5 fully saturated rings. The first-order valence-electron chi connectivity index (χ1n) is 10.9. The Morgan fingerprint density at radius 1 is 1.16 bits per heavy atom. The first-order valence-corrected chi connectivity index (χ1v) is 11.7. The number of fused-ring (bicyclic) bond motifs is 2. The van der Waals surface area contributed by atoms with Gasteiger partial charge in [-0.3, -0.25) is 9.20 Å². The van der Waals surface area contributed by atoms with E-state index in [1.807, 2.05) is 10.6 Å². The van der Waals surface area contributed by atoms with E-state index >= 15 is 0 Å². The second kappa shape index (κ2) is 6.86. The Morgan fingerprint density at radius 3 is 2.53 bits per heavy atom. The summed E-state index contributed by atoms with van der Waals surface area (Å²) in [6.45, 7) is 3.77. The summed E-state index contributed by atoms with van der Waals surface area (Å²) in [5, 5.41) is 0. The smallest absolute Gasteiger partial charge is 0.317 e. The van der Waals surface area contributed by atoms with Gasteiger partial charge in [0.2, 0.25) is 0 Å². The van der Waals surface area contributed by atoms with Crippen molar-refractivity contribution in [1.29, 1.82) is 0 Å². The Bertz CT molecular complexity index is 1100. The fourth-order valence-corrected chi connectivity index (χ4v) is 6.93. The van der Waals surface area contributed by atoms with Crippen LogP contribution in [0, 0.1) is 5.41 Å². The standard InChI is InChI=1S/C21H25BrN4O6/c1-2-28-17(27)19-4-3-18(11-21(19)31-9-10-32-21,20(12-19)29-7-8-30-20)16-25-14(22)13-15(23)24-5-6-26(13)16/h5-6H,2-4,7-12H2,1H3,(H2,23,24). The van der Waals surface area contributed by atoms with Crippen molar-refractivity contribution in [2.75, 3.05) is 38.8 Å². The van der Waals surface area contributed by atoms with E-state index in [0.29, 0.717) is 61.6 Å². The van der Waals surface area contributed by atoms with Gasteiger partial charge in [-0.25, -0.2) is 9.97 Å². The van der Waals surface area contributed by atoms with Gasteiger partial charge in [0.05, 0.1) is 38.4 Å². The van der Waals surface area contributed by atoms with Gasteiger partial charge in [0, 0.05) is 25.2 Å². The molecule has 172 valence electrons. The van der Waals surface area contributed by atoms with Crippen LogP contribution in [0.5, 0.6) is 0 Å². The van der Waals surface area contributed by atoms with Gasteiger partial charge in [0.1, 0.15) is 21.4 Å². The molecule has 32 heavy (non-hydrogen) atoms. The second-order valence-corrected chi connectivity index (χ2v) is 9.65. The number of ether oxygens (including phenoxy) is 5. The van der Waals surface area contributed by atoms with Crippen LogP contribution in [0.15, 0.2) is 17.0 Å². The van der Waals surface area contributed by atoms with Crippen LogP contribution in [0.1, 0.15) is 38.4 Å². The van der Waals surface area contributed by atoms with Gasteiger partial charge in [-0.05, 0) is 35.7 Å². The van der Waals surface area contributed by atoms with E-state index in [2.05, 4.69) is 20.9 Å². The van der Waals surface area contributed by atoms with Gasteiger partial charge in [0.25, 0.3) is 0 Å². The van der Waals surface area contributed by atoms with Crippen molar-refractivity contribution in [2.45, 2.75) is 49.6 Å². The van der Waals surface area contributed by atoms with Gasteiger partial charge in [-0.15, -0.1) is 0 Å². The molecule has 2 saturated heterocycles. The first kappa shape index (κ1) is 20.8. The van der Waals surface area contributed by atoms with E-state index in [1.54, 1.807) is 13.1 Å². The second-order valence-electron chi connectivity index (χ2n) is 8.90. The molecule has 0 amide bonds. The summed E-state index contributed by atoms with van der Waals surface area (Å²) in [6, 6.07) is 0. The molecule has 0 aromatic carbocycles. The number of hydrogen-bond donors (Lipinski definition) is 1. The Kier molecular flexibility index (Phi) is 4.46. The van der Waals surface area contributed by atoms with Gasteiger partial charge in [0.15, 0.2) is 17.4 Å². The van der Waals surface area contributed by atoms with E-state index in [9.17, 15) is 4.79 Å². The van der Waals surface area contributed by atoms with E-state index in [-0.39, 0.29) is 19.0 Å². The van der Waals surface area contributed by atoms with Crippen LogP contribution in [0.2, 0.25) is 0 Å². The fraction of sp³-hybridized carbons (Fsp3) is 0.667. The van der Waals surface area contributed by atoms with E-state index in [4.69, 9.17) is 34.4 Å². The minimum atomic E-state index is -1.13. The van der Waals surface area contributed by atoms with Crippen LogP contribution in [0.4, 0.5) is 5.82 Å². The summed E-state index contributed by atoms with van der Waals surface area (Å²) in [5.41, 5.74) is 5.11. The number of nitrogens with two attached hydrogens (primary N) is 1. The van der Waals surface area contributed by atoms with E-state index < -0.39 is 22.4 Å². The van der Waals surface area contributed by atoms with Crippen LogP contribution in [0.25, 0.3) is 5.52 Å². The van der Waals surface area contributed by atoms with Crippen LogP contribution in [0.3, 0.4) is 0 Å². The maximum absolute atomic E-state index is 13.4. The molecule has 2 unspecified atom stereocenters. The molecule has 7 rings (SSSR count). The number of nitrogens with zero attached hydrogens (tertiary/aromatic N) is 3. The molecule has 2 atom stereocenters. The fourth-order valence-electron chi connectivity index (χ4n) is 6.37. The molecule has 4 heterocycles. The molecular weight excluding hydrogens is 484 g/mol. The van der Waals surface area contributed by atoms with Crippen molar-refractivity contribution in [2.24, 2.45) is 5.41 Å². The number of aromatic nitrogens is 3. The number of carbonyl (C=O) groups excluding carboxylic acids is 1. The topological polar surface area (TPSA) is 119 Å². The summed E-state index contributed by atoms with van der Waals surface area (Å²) in [5.74, 6) is -1.42. The molecule has 5 aliphatic rings. The quantitative estimate of drug-likeness (QED) is 0.619. The molecule has 10 nitrogen and oxygen atoms in total. The maximum atomic E-state index is 13.4. The van der Waals surface area contributed by atoms with Crippen LogP contribution >= 0.6 is 15.9 Å². The predicted molar refractivity (Wildman–Crippen MR) is 114 cm³/mol. The van der Waals surface area contributed by atoms with Crippen molar-refractivity contribution in [3.05, 3.63) is 22.8 Å². The number of imidazole rings is 1. The Morgan fingerprint density at radius 2 is 1.84 bits per heavy atom. The number of esters is 1. The minimum absolute atomic E-state index is 0.270. The summed E-state index contributed by atoms with van der Waals surface area (Å²) in [4.78, 5) is 22.5. The molecule has 3 saturated carbocycles. The molecular formula is C21H25BrN4O6. The normalized spacial score (nSPS) is 32.3. The van der Waals surface area contributed by atoms with Gasteiger partial charge < -0.3 is 29.4 Å².